The number of benzene rings is 1. The molecule has 29 heavy (non-hydrogen) atoms. The van der Waals surface area contributed by atoms with Crippen LogP contribution in [-0.2, 0) is 27.1 Å². The number of esters is 2. The Kier molecular flexibility index (Phi) is 6.53. The Morgan fingerprint density at radius 3 is 2.52 bits per heavy atom. The summed E-state index contributed by atoms with van der Waals surface area (Å²) < 4.78 is 15.0. The van der Waals surface area contributed by atoms with Crippen molar-refractivity contribution in [1.82, 2.24) is 0 Å². The van der Waals surface area contributed by atoms with Gasteiger partial charge in [-0.3, -0.25) is 4.79 Å². The van der Waals surface area contributed by atoms with Gasteiger partial charge in [0.15, 0.2) is 6.61 Å². The van der Waals surface area contributed by atoms with E-state index in [0.717, 1.165) is 29.7 Å². The smallest absolute Gasteiger partial charge is 0.341 e. The van der Waals surface area contributed by atoms with Crippen LogP contribution in [0.15, 0.2) is 24.3 Å². The predicted octanol–water partition coefficient (Wildman–Crippen LogP) is 3.46. The van der Waals surface area contributed by atoms with Crippen LogP contribution in [-0.4, -0.2) is 38.7 Å². The lowest BCUT2D eigenvalue weighted by molar-refractivity contribution is -0.119. The summed E-state index contributed by atoms with van der Waals surface area (Å²) in [4.78, 5) is 37.8. The van der Waals surface area contributed by atoms with Gasteiger partial charge in [-0.05, 0) is 55.0 Å². The minimum atomic E-state index is -0.615. The van der Waals surface area contributed by atoms with E-state index >= 15 is 0 Å². The number of carbonyl (C=O) groups is 3. The van der Waals surface area contributed by atoms with Crippen LogP contribution in [0.4, 0.5) is 5.00 Å². The van der Waals surface area contributed by atoms with Crippen LogP contribution in [0.1, 0.15) is 44.5 Å². The molecule has 0 saturated carbocycles. The van der Waals surface area contributed by atoms with Gasteiger partial charge in [-0.2, -0.15) is 0 Å². The molecule has 154 valence electrons. The predicted molar refractivity (Wildman–Crippen MR) is 109 cm³/mol. The Hall–Kier alpha value is -2.87. The van der Waals surface area contributed by atoms with Crippen LogP contribution < -0.4 is 10.1 Å². The summed E-state index contributed by atoms with van der Waals surface area (Å²) in [6.45, 7) is 1.71. The van der Waals surface area contributed by atoms with Gasteiger partial charge in [0.25, 0.3) is 5.91 Å². The standard InChI is InChI=1S/C21H23NO6S/c1-12-4-9-15-16(10-12)29-19(18(15)21(25)27-3)22-17(23)11-28-20(24)13-5-7-14(26-2)8-6-13/h5-8,12H,4,9-11H2,1-3H3,(H,22,23). The second-order valence-electron chi connectivity index (χ2n) is 6.90. The molecule has 0 spiro atoms. The Morgan fingerprint density at radius 1 is 1.14 bits per heavy atom. The van der Waals surface area contributed by atoms with Gasteiger partial charge in [0.2, 0.25) is 0 Å². The molecule has 1 aliphatic rings. The number of hydrogen-bond acceptors (Lipinski definition) is 7. The van der Waals surface area contributed by atoms with Crippen LogP contribution in [0.3, 0.4) is 0 Å². The largest absolute Gasteiger partial charge is 0.497 e. The molecular weight excluding hydrogens is 394 g/mol. The topological polar surface area (TPSA) is 90.9 Å². The molecular formula is C21H23NO6S. The number of anilines is 1. The van der Waals surface area contributed by atoms with E-state index in [2.05, 4.69) is 12.2 Å². The average Bonchev–Trinajstić information content (AvgIpc) is 3.08. The maximum Gasteiger partial charge on any atom is 0.341 e. The Morgan fingerprint density at radius 2 is 1.86 bits per heavy atom. The molecule has 1 heterocycles. The van der Waals surface area contributed by atoms with Crippen molar-refractivity contribution in [2.75, 3.05) is 26.1 Å². The summed E-state index contributed by atoms with van der Waals surface area (Å²) in [7, 11) is 2.85. The van der Waals surface area contributed by atoms with Gasteiger partial charge in [0.1, 0.15) is 10.8 Å². The zero-order chi connectivity index (χ0) is 21.0. The SMILES string of the molecule is COC(=O)c1c(NC(=O)COC(=O)c2ccc(OC)cc2)sc2c1CCC(C)C2. The van der Waals surface area contributed by atoms with E-state index in [1.807, 2.05) is 0 Å². The van der Waals surface area contributed by atoms with E-state index in [4.69, 9.17) is 14.2 Å². The van der Waals surface area contributed by atoms with Crippen molar-refractivity contribution < 1.29 is 28.6 Å². The van der Waals surface area contributed by atoms with Gasteiger partial charge >= 0.3 is 11.9 Å². The summed E-state index contributed by atoms with van der Waals surface area (Å²) in [5.41, 5.74) is 1.68. The normalized spacial score (nSPS) is 15.2. The maximum absolute atomic E-state index is 12.3. The van der Waals surface area contributed by atoms with Crippen molar-refractivity contribution in [3.8, 4) is 5.75 Å². The summed E-state index contributed by atoms with van der Waals surface area (Å²) >= 11 is 1.39. The molecule has 3 rings (SSSR count). The van der Waals surface area contributed by atoms with E-state index < -0.39 is 24.5 Å². The average molecular weight is 417 g/mol. The Bertz CT molecular complexity index is 918. The summed E-state index contributed by atoms with van der Waals surface area (Å²) in [5.74, 6) is -0.451. The van der Waals surface area contributed by atoms with Gasteiger partial charge < -0.3 is 19.5 Å². The number of nitrogens with one attached hydrogen (secondary N) is 1. The number of ether oxygens (including phenoxy) is 3. The molecule has 0 radical (unpaired) electrons. The van der Waals surface area contributed by atoms with E-state index in [1.165, 1.54) is 25.6 Å². The molecule has 0 saturated heterocycles. The quantitative estimate of drug-likeness (QED) is 0.724. The number of methoxy groups -OCH3 is 2. The van der Waals surface area contributed by atoms with Crippen molar-refractivity contribution in [1.29, 1.82) is 0 Å². The minimum Gasteiger partial charge on any atom is -0.497 e. The van der Waals surface area contributed by atoms with Crippen molar-refractivity contribution >= 4 is 34.2 Å². The fourth-order valence-electron chi connectivity index (χ4n) is 3.26. The third-order valence-corrected chi connectivity index (χ3v) is 5.98. The molecule has 1 N–H and O–H groups in total. The molecule has 1 atom stereocenters. The fraction of sp³-hybridized carbons (Fsp3) is 0.381. The van der Waals surface area contributed by atoms with E-state index in [0.29, 0.717) is 27.8 Å². The first-order valence-corrected chi connectivity index (χ1v) is 10.1. The molecule has 1 unspecified atom stereocenters. The molecule has 1 amide bonds. The molecule has 1 aromatic carbocycles. The van der Waals surface area contributed by atoms with E-state index in [-0.39, 0.29) is 0 Å². The summed E-state index contributed by atoms with van der Waals surface area (Å²) in [6.07, 6.45) is 2.63. The third-order valence-electron chi connectivity index (χ3n) is 4.81. The first kappa shape index (κ1) is 20.9. The van der Waals surface area contributed by atoms with Gasteiger partial charge in [-0.25, -0.2) is 9.59 Å². The van der Waals surface area contributed by atoms with Gasteiger partial charge in [-0.1, -0.05) is 6.92 Å². The first-order chi connectivity index (χ1) is 13.9. The van der Waals surface area contributed by atoms with Gasteiger partial charge in [0, 0.05) is 4.88 Å². The minimum absolute atomic E-state index is 0.314. The second-order valence-corrected chi connectivity index (χ2v) is 8.01. The molecule has 0 bridgehead atoms. The lowest BCUT2D eigenvalue weighted by Crippen LogP contribution is -2.22. The van der Waals surface area contributed by atoms with Crippen molar-refractivity contribution in [3.05, 3.63) is 45.8 Å². The number of thiophene rings is 1. The van der Waals surface area contributed by atoms with Crippen molar-refractivity contribution in [2.24, 2.45) is 5.92 Å². The van der Waals surface area contributed by atoms with Gasteiger partial charge in [0.05, 0.1) is 25.3 Å². The number of rotatable bonds is 6. The number of amides is 1. The highest BCUT2D eigenvalue weighted by molar-refractivity contribution is 7.17. The molecule has 1 aromatic heterocycles. The lowest BCUT2D eigenvalue weighted by atomic mass is 9.88. The molecule has 8 heteroatoms. The van der Waals surface area contributed by atoms with Crippen LogP contribution in [0.2, 0.25) is 0 Å². The summed E-state index contributed by atoms with van der Waals surface area (Å²) in [5, 5.41) is 3.15. The zero-order valence-corrected chi connectivity index (χ0v) is 17.4. The molecule has 0 fully saturated rings. The third kappa shape index (κ3) is 4.76. The molecule has 1 aliphatic carbocycles. The number of hydrogen-bond donors (Lipinski definition) is 1. The lowest BCUT2D eigenvalue weighted by Gasteiger charge is -2.18. The highest BCUT2D eigenvalue weighted by Gasteiger charge is 2.29. The van der Waals surface area contributed by atoms with Crippen LogP contribution in [0.25, 0.3) is 0 Å². The fourth-order valence-corrected chi connectivity index (χ4v) is 4.68. The highest BCUT2D eigenvalue weighted by Crippen LogP contribution is 2.40. The van der Waals surface area contributed by atoms with E-state index in [9.17, 15) is 14.4 Å². The molecule has 7 nitrogen and oxygen atoms in total. The monoisotopic (exact) mass is 417 g/mol. The highest BCUT2D eigenvalue weighted by atomic mass is 32.1. The number of carbonyl (C=O) groups excluding carboxylic acids is 3. The van der Waals surface area contributed by atoms with E-state index in [1.54, 1.807) is 24.3 Å². The Balaban J connectivity index is 1.67. The Labute approximate surface area is 173 Å². The van der Waals surface area contributed by atoms with Gasteiger partial charge in [-0.15, -0.1) is 11.3 Å². The first-order valence-electron chi connectivity index (χ1n) is 9.26. The zero-order valence-electron chi connectivity index (χ0n) is 16.6. The van der Waals surface area contributed by atoms with Crippen LogP contribution in [0.5, 0.6) is 5.75 Å². The molecule has 0 aliphatic heterocycles. The summed E-state index contributed by atoms with van der Waals surface area (Å²) in [6, 6.07) is 6.39. The second kappa shape index (κ2) is 9.09. The van der Waals surface area contributed by atoms with Crippen molar-refractivity contribution in [2.45, 2.75) is 26.2 Å². The number of fused-ring (bicyclic) bond motifs is 1. The van der Waals surface area contributed by atoms with Crippen LogP contribution >= 0.6 is 11.3 Å². The molecule has 2 aromatic rings. The van der Waals surface area contributed by atoms with Crippen molar-refractivity contribution in [3.63, 3.8) is 0 Å². The van der Waals surface area contributed by atoms with Crippen LogP contribution in [0, 0.1) is 5.92 Å². The maximum atomic E-state index is 12.3.